The first-order chi connectivity index (χ1) is 9.65. The van der Waals surface area contributed by atoms with Gasteiger partial charge >= 0.3 is 0 Å². The molecular formula is C17H25NO2. The third-order valence-electron chi connectivity index (χ3n) is 4.34. The van der Waals surface area contributed by atoms with Gasteiger partial charge in [-0.15, -0.1) is 0 Å². The monoisotopic (exact) mass is 275 g/mol. The molecule has 0 atom stereocenters. The molecule has 0 radical (unpaired) electrons. The maximum absolute atomic E-state index is 11.8. The minimum atomic E-state index is 0.0897. The Morgan fingerprint density at radius 1 is 1.25 bits per heavy atom. The van der Waals surface area contributed by atoms with Crippen LogP contribution in [0, 0.1) is 11.8 Å². The molecule has 0 aliphatic heterocycles. The molecule has 1 aliphatic rings. The Morgan fingerprint density at radius 2 is 1.95 bits per heavy atom. The maximum Gasteiger partial charge on any atom is 0.220 e. The number of carbonyl (C=O) groups excluding carboxylic acids is 1. The molecule has 20 heavy (non-hydrogen) atoms. The van der Waals surface area contributed by atoms with E-state index in [4.69, 9.17) is 0 Å². The van der Waals surface area contributed by atoms with Gasteiger partial charge in [0.1, 0.15) is 5.75 Å². The van der Waals surface area contributed by atoms with Crippen LogP contribution < -0.4 is 5.32 Å². The highest BCUT2D eigenvalue weighted by Crippen LogP contribution is 2.27. The number of benzene rings is 1. The highest BCUT2D eigenvalue weighted by Gasteiger charge is 2.18. The molecule has 0 spiro atoms. The Labute approximate surface area is 121 Å². The highest BCUT2D eigenvalue weighted by atomic mass is 16.3. The Kier molecular flexibility index (Phi) is 5.45. The van der Waals surface area contributed by atoms with Crippen molar-refractivity contribution in [1.82, 2.24) is 5.32 Å². The van der Waals surface area contributed by atoms with Gasteiger partial charge in [-0.2, -0.15) is 0 Å². The van der Waals surface area contributed by atoms with Crippen molar-refractivity contribution >= 4 is 5.91 Å². The second-order valence-electron chi connectivity index (χ2n) is 6.06. The van der Waals surface area contributed by atoms with E-state index in [-0.39, 0.29) is 11.7 Å². The minimum absolute atomic E-state index is 0.0897. The Bertz CT molecular complexity index is 436. The zero-order valence-corrected chi connectivity index (χ0v) is 12.3. The summed E-state index contributed by atoms with van der Waals surface area (Å²) in [6.07, 6.45) is 6.10. The zero-order valence-electron chi connectivity index (χ0n) is 12.3. The van der Waals surface area contributed by atoms with Crippen LogP contribution in [0.2, 0.25) is 0 Å². The molecular weight excluding hydrogens is 250 g/mol. The maximum atomic E-state index is 11.8. The van der Waals surface area contributed by atoms with Crippen LogP contribution in [-0.2, 0) is 11.2 Å². The van der Waals surface area contributed by atoms with Crippen molar-refractivity contribution in [2.24, 2.45) is 11.8 Å². The molecule has 1 saturated carbocycles. The quantitative estimate of drug-likeness (QED) is 0.866. The summed E-state index contributed by atoms with van der Waals surface area (Å²) in [4.78, 5) is 11.8. The Morgan fingerprint density at radius 3 is 2.65 bits per heavy atom. The third kappa shape index (κ3) is 4.55. The van der Waals surface area contributed by atoms with E-state index < -0.39 is 0 Å². The van der Waals surface area contributed by atoms with Crippen LogP contribution in [0.1, 0.15) is 44.6 Å². The molecule has 0 saturated heterocycles. The molecule has 0 bridgehead atoms. The van der Waals surface area contributed by atoms with Gasteiger partial charge in [0.05, 0.1) is 0 Å². The summed E-state index contributed by atoms with van der Waals surface area (Å²) < 4.78 is 0. The summed E-state index contributed by atoms with van der Waals surface area (Å²) >= 11 is 0. The lowest BCUT2D eigenvalue weighted by molar-refractivity contribution is -0.121. The lowest BCUT2D eigenvalue weighted by atomic mass is 9.83. The molecule has 1 aromatic rings. The van der Waals surface area contributed by atoms with Crippen molar-refractivity contribution in [3.8, 4) is 5.75 Å². The highest BCUT2D eigenvalue weighted by molar-refractivity contribution is 5.76. The molecule has 1 aliphatic carbocycles. The number of nitrogens with one attached hydrogen (secondary N) is 1. The second-order valence-corrected chi connectivity index (χ2v) is 6.06. The van der Waals surface area contributed by atoms with E-state index >= 15 is 0 Å². The van der Waals surface area contributed by atoms with Gasteiger partial charge in [0.15, 0.2) is 0 Å². The average Bonchev–Trinajstić information content (AvgIpc) is 2.46. The molecule has 3 nitrogen and oxygen atoms in total. The fourth-order valence-electron chi connectivity index (χ4n) is 2.85. The first-order valence-corrected chi connectivity index (χ1v) is 7.68. The van der Waals surface area contributed by atoms with Crippen LogP contribution in [0.25, 0.3) is 0 Å². The van der Waals surface area contributed by atoms with Crippen LogP contribution in [-0.4, -0.2) is 17.6 Å². The summed E-state index contributed by atoms with van der Waals surface area (Å²) in [7, 11) is 0. The van der Waals surface area contributed by atoms with E-state index in [0.717, 1.165) is 18.0 Å². The molecule has 0 heterocycles. The molecule has 0 unspecified atom stereocenters. The summed E-state index contributed by atoms with van der Waals surface area (Å²) in [5.74, 6) is 1.87. The summed E-state index contributed by atoms with van der Waals surface area (Å²) in [6, 6.07) is 7.21. The molecule has 1 amide bonds. The van der Waals surface area contributed by atoms with E-state index in [1.54, 1.807) is 12.1 Å². The van der Waals surface area contributed by atoms with Crippen molar-refractivity contribution in [3.63, 3.8) is 0 Å². The molecule has 3 heteroatoms. The largest absolute Gasteiger partial charge is 0.508 e. The van der Waals surface area contributed by atoms with Crippen LogP contribution in [0.15, 0.2) is 24.3 Å². The number of aryl methyl sites for hydroxylation is 1. The van der Waals surface area contributed by atoms with Crippen molar-refractivity contribution in [2.75, 3.05) is 6.54 Å². The van der Waals surface area contributed by atoms with Gasteiger partial charge in [0, 0.05) is 13.0 Å². The topological polar surface area (TPSA) is 49.3 Å². The first-order valence-electron chi connectivity index (χ1n) is 7.68. The van der Waals surface area contributed by atoms with E-state index in [0.29, 0.717) is 18.8 Å². The van der Waals surface area contributed by atoms with Crippen molar-refractivity contribution in [3.05, 3.63) is 29.8 Å². The molecule has 110 valence electrons. The minimum Gasteiger partial charge on any atom is -0.508 e. The van der Waals surface area contributed by atoms with Crippen molar-refractivity contribution in [2.45, 2.75) is 45.4 Å². The summed E-state index contributed by atoms with van der Waals surface area (Å²) in [6.45, 7) is 3.12. The number of aromatic hydroxyl groups is 1. The van der Waals surface area contributed by atoms with E-state index in [1.807, 2.05) is 12.1 Å². The van der Waals surface area contributed by atoms with Crippen LogP contribution in [0.3, 0.4) is 0 Å². The number of carbonyl (C=O) groups is 1. The van der Waals surface area contributed by atoms with Crippen molar-refractivity contribution in [1.29, 1.82) is 0 Å². The summed E-state index contributed by atoms with van der Waals surface area (Å²) in [5, 5.41) is 12.7. The number of hydrogen-bond donors (Lipinski definition) is 2. The normalized spacial score (nSPS) is 22.4. The van der Waals surface area contributed by atoms with Crippen LogP contribution in [0.4, 0.5) is 0 Å². The number of hydrogen-bond acceptors (Lipinski definition) is 2. The molecule has 2 rings (SSSR count). The van der Waals surface area contributed by atoms with Gasteiger partial charge in [0.2, 0.25) is 5.91 Å². The van der Waals surface area contributed by atoms with Crippen LogP contribution >= 0.6 is 0 Å². The van der Waals surface area contributed by atoms with Gasteiger partial charge in [-0.05, 0) is 42.7 Å². The van der Waals surface area contributed by atoms with E-state index in [2.05, 4.69) is 12.2 Å². The smallest absolute Gasteiger partial charge is 0.220 e. The van der Waals surface area contributed by atoms with E-state index in [1.165, 1.54) is 25.7 Å². The van der Waals surface area contributed by atoms with Crippen molar-refractivity contribution < 1.29 is 9.90 Å². The Balaban J connectivity index is 1.67. The number of rotatable bonds is 5. The fourth-order valence-corrected chi connectivity index (χ4v) is 2.85. The molecule has 0 aromatic heterocycles. The standard InChI is InChI=1S/C17H25NO2/c1-13-6-8-14(9-7-13)12-18-17(20)11-10-15-4-2-3-5-16(15)19/h2-5,13-14,19H,6-12H2,1H3,(H,18,20). The number of phenols is 1. The Hall–Kier alpha value is -1.51. The predicted octanol–water partition coefficient (Wildman–Crippen LogP) is 3.27. The van der Waals surface area contributed by atoms with Gasteiger partial charge in [-0.25, -0.2) is 0 Å². The lowest BCUT2D eigenvalue weighted by Crippen LogP contribution is -2.31. The predicted molar refractivity (Wildman–Crippen MR) is 80.6 cm³/mol. The van der Waals surface area contributed by atoms with Gasteiger partial charge in [-0.1, -0.05) is 38.0 Å². The number of para-hydroxylation sites is 1. The molecule has 1 aromatic carbocycles. The average molecular weight is 275 g/mol. The zero-order chi connectivity index (χ0) is 14.4. The van der Waals surface area contributed by atoms with E-state index in [9.17, 15) is 9.90 Å². The fraction of sp³-hybridized carbons (Fsp3) is 0.588. The van der Waals surface area contributed by atoms with Gasteiger partial charge < -0.3 is 10.4 Å². The number of phenolic OH excluding ortho intramolecular Hbond substituents is 1. The third-order valence-corrected chi connectivity index (χ3v) is 4.34. The number of amides is 1. The SMILES string of the molecule is CC1CCC(CNC(=O)CCc2ccccc2O)CC1. The molecule has 2 N–H and O–H groups in total. The second kappa shape index (κ2) is 7.32. The molecule has 1 fully saturated rings. The van der Waals surface area contributed by atoms with Gasteiger partial charge in [0.25, 0.3) is 0 Å². The van der Waals surface area contributed by atoms with Crippen LogP contribution in [0.5, 0.6) is 5.75 Å². The summed E-state index contributed by atoms with van der Waals surface area (Å²) in [5.41, 5.74) is 0.842. The first kappa shape index (κ1) is 14.9. The van der Waals surface area contributed by atoms with Gasteiger partial charge in [-0.3, -0.25) is 4.79 Å². The lowest BCUT2D eigenvalue weighted by Gasteiger charge is -2.26.